The van der Waals surface area contributed by atoms with Gasteiger partial charge in [-0.05, 0) is 42.5 Å². The van der Waals surface area contributed by atoms with Gasteiger partial charge >= 0.3 is 6.03 Å². The van der Waals surface area contributed by atoms with Crippen LogP contribution in [-0.2, 0) is 0 Å². The summed E-state index contributed by atoms with van der Waals surface area (Å²) < 4.78 is 0.866. The minimum absolute atomic E-state index is 0.277. The van der Waals surface area contributed by atoms with E-state index in [1.54, 1.807) is 43.4 Å². The smallest absolute Gasteiger partial charge is 0.326 e. The van der Waals surface area contributed by atoms with Crippen LogP contribution in [0.5, 0.6) is 0 Å². The highest BCUT2D eigenvalue weighted by molar-refractivity contribution is 9.10. The van der Waals surface area contributed by atoms with Crippen molar-refractivity contribution in [3.05, 3.63) is 52.0 Å². The first-order chi connectivity index (χ1) is 9.47. The van der Waals surface area contributed by atoms with Gasteiger partial charge in [0.1, 0.15) is 0 Å². The van der Waals surface area contributed by atoms with Crippen LogP contribution >= 0.6 is 27.5 Å². The lowest BCUT2D eigenvalue weighted by atomic mass is 10.2. The Morgan fingerprint density at radius 1 is 1.25 bits per heavy atom. The molecule has 0 saturated heterocycles. The lowest BCUT2D eigenvalue weighted by Crippen LogP contribution is -2.31. The number of halogens is 2. The fourth-order valence-electron chi connectivity index (χ4n) is 1.68. The highest BCUT2D eigenvalue weighted by atomic mass is 79.9. The van der Waals surface area contributed by atoms with Gasteiger partial charge in [0.2, 0.25) is 0 Å². The topological polar surface area (TPSA) is 58.4 Å². The van der Waals surface area contributed by atoms with Crippen molar-refractivity contribution in [2.75, 3.05) is 23.0 Å². The van der Waals surface area contributed by atoms with E-state index < -0.39 is 0 Å². The van der Waals surface area contributed by atoms with Crippen molar-refractivity contribution in [2.45, 2.75) is 0 Å². The molecule has 104 valence electrons. The molecule has 6 heteroatoms. The Bertz CT molecular complexity index is 631. The van der Waals surface area contributed by atoms with Gasteiger partial charge in [-0.2, -0.15) is 0 Å². The molecule has 0 aliphatic heterocycles. The maximum absolute atomic E-state index is 12.1. The van der Waals surface area contributed by atoms with Gasteiger partial charge in [0.15, 0.2) is 0 Å². The lowest BCUT2D eigenvalue weighted by molar-refractivity contribution is 0.258. The number of hydrogen-bond donors (Lipinski definition) is 2. The van der Waals surface area contributed by atoms with E-state index in [9.17, 15) is 4.79 Å². The Hall–Kier alpha value is -1.72. The monoisotopic (exact) mass is 353 g/mol. The van der Waals surface area contributed by atoms with Crippen LogP contribution in [0.4, 0.5) is 21.9 Å². The molecule has 4 nitrogen and oxygen atoms in total. The molecule has 2 aromatic carbocycles. The summed E-state index contributed by atoms with van der Waals surface area (Å²) in [6.07, 6.45) is 0. The van der Waals surface area contributed by atoms with Crippen molar-refractivity contribution < 1.29 is 4.79 Å². The molecular formula is C14H13BrClN3O. The number of nitrogen functional groups attached to an aromatic ring is 1. The minimum Gasteiger partial charge on any atom is -0.397 e. The first-order valence-electron chi connectivity index (χ1n) is 5.82. The number of nitrogens with zero attached hydrogens (tertiary/aromatic N) is 1. The van der Waals surface area contributed by atoms with Gasteiger partial charge in [-0.25, -0.2) is 4.79 Å². The van der Waals surface area contributed by atoms with E-state index in [4.69, 9.17) is 17.3 Å². The predicted octanol–water partition coefficient (Wildman–Crippen LogP) is 4.35. The number of amides is 2. The van der Waals surface area contributed by atoms with Crippen molar-refractivity contribution in [1.82, 2.24) is 0 Å². The van der Waals surface area contributed by atoms with E-state index in [2.05, 4.69) is 21.2 Å². The molecule has 2 rings (SSSR count). The molecule has 0 fully saturated rings. The number of rotatable bonds is 2. The zero-order valence-electron chi connectivity index (χ0n) is 10.7. The van der Waals surface area contributed by atoms with Crippen LogP contribution in [0.3, 0.4) is 0 Å². The third-order valence-corrected chi connectivity index (χ3v) is 3.50. The summed E-state index contributed by atoms with van der Waals surface area (Å²) in [5.41, 5.74) is 7.73. The van der Waals surface area contributed by atoms with E-state index in [0.29, 0.717) is 22.1 Å². The van der Waals surface area contributed by atoms with E-state index in [1.807, 2.05) is 6.07 Å². The number of carbonyl (C=O) groups is 1. The molecule has 0 aliphatic carbocycles. The van der Waals surface area contributed by atoms with Gasteiger partial charge in [0.25, 0.3) is 0 Å². The second-order valence-electron chi connectivity index (χ2n) is 4.20. The highest BCUT2D eigenvalue weighted by Crippen LogP contribution is 2.26. The molecule has 0 unspecified atom stereocenters. The quantitative estimate of drug-likeness (QED) is 0.788. The normalized spacial score (nSPS) is 10.2. The second kappa shape index (κ2) is 6.15. The Morgan fingerprint density at radius 3 is 2.50 bits per heavy atom. The van der Waals surface area contributed by atoms with E-state index in [-0.39, 0.29) is 6.03 Å². The second-order valence-corrected chi connectivity index (χ2v) is 5.55. The first kappa shape index (κ1) is 14.7. The molecular weight excluding hydrogens is 342 g/mol. The third-order valence-electron chi connectivity index (χ3n) is 2.75. The van der Waals surface area contributed by atoms with Crippen LogP contribution in [-0.4, -0.2) is 13.1 Å². The number of benzene rings is 2. The number of carbonyl (C=O) groups excluding carboxylic acids is 1. The highest BCUT2D eigenvalue weighted by Gasteiger charge is 2.13. The fourth-order valence-corrected chi connectivity index (χ4v) is 2.19. The lowest BCUT2D eigenvalue weighted by Gasteiger charge is -2.20. The van der Waals surface area contributed by atoms with Crippen LogP contribution in [0.2, 0.25) is 5.02 Å². The van der Waals surface area contributed by atoms with Crippen LogP contribution in [0.1, 0.15) is 0 Å². The Kier molecular flexibility index (Phi) is 4.52. The molecule has 0 atom stereocenters. The number of nitrogens with one attached hydrogen (secondary N) is 1. The van der Waals surface area contributed by atoms with Gasteiger partial charge in [0.05, 0.1) is 11.4 Å². The first-order valence-corrected chi connectivity index (χ1v) is 7.00. The zero-order valence-corrected chi connectivity index (χ0v) is 13.1. The number of hydrogen-bond acceptors (Lipinski definition) is 2. The van der Waals surface area contributed by atoms with Crippen molar-refractivity contribution in [3.8, 4) is 0 Å². The number of urea groups is 1. The van der Waals surface area contributed by atoms with Crippen molar-refractivity contribution in [2.24, 2.45) is 0 Å². The summed E-state index contributed by atoms with van der Waals surface area (Å²) in [6, 6.07) is 12.0. The molecule has 0 aromatic heterocycles. The zero-order chi connectivity index (χ0) is 14.7. The molecule has 0 saturated carbocycles. The van der Waals surface area contributed by atoms with E-state index in [0.717, 1.165) is 4.47 Å². The van der Waals surface area contributed by atoms with Crippen LogP contribution < -0.4 is 16.0 Å². The van der Waals surface area contributed by atoms with Gasteiger partial charge in [-0.15, -0.1) is 0 Å². The van der Waals surface area contributed by atoms with Crippen LogP contribution in [0.25, 0.3) is 0 Å². The van der Waals surface area contributed by atoms with E-state index >= 15 is 0 Å². The molecule has 0 heterocycles. The molecule has 0 spiro atoms. The standard InChI is InChI=1S/C14H13BrClN3O/c1-19(13-7-2-9(15)8-12(13)17)14(20)18-11-5-3-10(16)4-6-11/h2-8H,17H2,1H3,(H,18,20). The molecule has 0 bridgehead atoms. The summed E-state index contributed by atoms with van der Waals surface area (Å²) in [4.78, 5) is 13.6. The Balaban J connectivity index is 2.14. The molecule has 20 heavy (non-hydrogen) atoms. The molecule has 2 amide bonds. The molecule has 0 radical (unpaired) electrons. The summed E-state index contributed by atoms with van der Waals surface area (Å²) >= 11 is 9.13. The maximum Gasteiger partial charge on any atom is 0.326 e. The fraction of sp³-hybridized carbons (Fsp3) is 0.0714. The summed E-state index contributed by atoms with van der Waals surface area (Å²) in [5.74, 6) is 0. The minimum atomic E-state index is -0.277. The number of anilines is 3. The maximum atomic E-state index is 12.1. The van der Waals surface area contributed by atoms with Gasteiger partial charge in [-0.1, -0.05) is 27.5 Å². The largest absolute Gasteiger partial charge is 0.397 e. The van der Waals surface area contributed by atoms with Crippen LogP contribution in [0, 0.1) is 0 Å². The van der Waals surface area contributed by atoms with Crippen molar-refractivity contribution >= 4 is 50.6 Å². The average molecular weight is 355 g/mol. The summed E-state index contributed by atoms with van der Waals surface area (Å²) in [5, 5.41) is 3.39. The van der Waals surface area contributed by atoms with Gasteiger partial charge < -0.3 is 11.1 Å². The van der Waals surface area contributed by atoms with Gasteiger partial charge in [-0.3, -0.25) is 4.90 Å². The van der Waals surface area contributed by atoms with E-state index in [1.165, 1.54) is 4.90 Å². The Labute approximate surface area is 130 Å². The predicted molar refractivity (Wildman–Crippen MR) is 87.4 cm³/mol. The third kappa shape index (κ3) is 3.43. The SMILES string of the molecule is CN(C(=O)Nc1ccc(Cl)cc1)c1ccc(Br)cc1N. The molecule has 2 aromatic rings. The molecule has 3 N–H and O–H groups in total. The summed E-state index contributed by atoms with van der Waals surface area (Å²) in [7, 11) is 1.66. The number of nitrogens with two attached hydrogens (primary N) is 1. The molecule has 0 aliphatic rings. The average Bonchev–Trinajstić information content (AvgIpc) is 2.40. The Morgan fingerprint density at radius 2 is 1.90 bits per heavy atom. The van der Waals surface area contributed by atoms with Gasteiger partial charge in [0, 0.05) is 22.2 Å². The van der Waals surface area contributed by atoms with Crippen molar-refractivity contribution in [3.63, 3.8) is 0 Å². The van der Waals surface area contributed by atoms with Crippen molar-refractivity contribution in [1.29, 1.82) is 0 Å². The van der Waals surface area contributed by atoms with Crippen LogP contribution in [0.15, 0.2) is 46.9 Å². The summed E-state index contributed by atoms with van der Waals surface area (Å²) in [6.45, 7) is 0.